The molecule has 0 atom stereocenters. The largest absolute Gasteiger partial charge is 0.466 e. The van der Waals surface area contributed by atoms with Crippen molar-refractivity contribution in [2.24, 2.45) is 11.8 Å². The molecule has 0 N–H and O–H groups in total. The maximum atomic E-state index is 11.7. The van der Waals surface area contributed by atoms with Gasteiger partial charge >= 0.3 is 23.9 Å². The van der Waals surface area contributed by atoms with Crippen molar-refractivity contribution in [3.8, 4) is 0 Å². The summed E-state index contributed by atoms with van der Waals surface area (Å²) in [4.78, 5) is 46.9. The first-order valence-corrected chi connectivity index (χ1v) is 25.7. The van der Waals surface area contributed by atoms with E-state index in [1.807, 2.05) is 0 Å². The minimum absolute atomic E-state index is 0.134. The van der Waals surface area contributed by atoms with Crippen LogP contribution in [0.3, 0.4) is 0 Å². The van der Waals surface area contributed by atoms with Crippen molar-refractivity contribution in [2.75, 3.05) is 26.4 Å². The summed E-state index contributed by atoms with van der Waals surface area (Å²) in [5.74, 6) is 1.04. The molecule has 0 unspecified atom stereocenters. The zero-order valence-corrected chi connectivity index (χ0v) is 40.7. The molecular formula is C52H100O8. The Morgan fingerprint density at radius 2 is 0.483 bits per heavy atom. The summed E-state index contributed by atoms with van der Waals surface area (Å²) >= 11 is 0. The Morgan fingerprint density at radius 3 is 0.700 bits per heavy atom. The summed E-state index contributed by atoms with van der Waals surface area (Å²) in [6.45, 7) is 15.7. The lowest BCUT2D eigenvalue weighted by Crippen LogP contribution is -2.08. The molecule has 0 aromatic heterocycles. The van der Waals surface area contributed by atoms with Crippen molar-refractivity contribution < 1.29 is 38.1 Å². The Balaban J connectivity index is 0. The average Bonchev–Trinajstić information content (AvgIpc) is 3.21. The Hall–Kier alpha value is -2.12. The molecule has 0 rings (SSSR count). The van der Waals surface area contributed by atoms with Crippen LogP contribution in [-0.4, -0.2) is 50.3 Å². The Labute approximate surface area is 371 Å². The lowest BCUT2D eigenvalue weighted by atomic mass is 10.0. The number of carbonyl (C=O) groups is 4. The molecule has 0 aliphatic carbocycles. The van der Waals surface area contributed by atoms with Gasteiger partial charge in [-0.05, 0) is 63.2 Å². The molecule has 0 aromatic rings. The highest BCUT2D eigenvalue weighted by molar-refractivity contribution is 5.71. The zero-order chi connectivity index (χ0) is 44.6. The summed E-state index contributed by atoms with van der Waals surface area (Å²) in [5, 5.41) is 0. The summed E-state index contributed by atoms with van der Waals surface area (Å²) in [6.07, 6.45) is 38.7. The maximum absolute atomic E-state index is 11.7. The normalized spacial score (nSPS) is 11.1. The van der Waals surface area contributed by atoms with Crippen molar-refractivity contribution in [2.45, 2.75) is 273 Å². The number of ether oxygens (including phenoxy) is 4. The minimum atomic E-state index is -0.138. The third kappa shape index (κ3) is 53.9. The van der Waals surface area contributed by atoms with Crippen LogP contribution in [-0.2, 0) is 38.1 Å². The monoisotopic (exact) mass is 853 g/mol. The molecule has 0 saturated heterocycles. The number of rotatable bonds is 44. The number of carbonyl (C=O) groups excluding carboxylic acids is 4. The third-order valence-corrected chi connectivity index (χ3v) is 10.9. The van der Waals surface area contributed by atoms with Crippen molar-refractivity contribution in [3.63, 3.8) is 0 Å². The van der Waals surface area contributed by atoms with Crippen molar-refractivity contribution in [3.05, 3.63) is 0 Å². The van der Waals surface area contributed by atoms with Crippen molar-refractivity contribution >= 4 is 23.9 Å². The second-order valence-electron chi connectivity index (χ2n) is 18.1. The minimum Gasteiger partial charge on any atom is -0.466 e. The van der Waals surface area contributed by atoms with Gasteiger partial charge in [-0.3, -0.25) is 19.2 Å². The molecule has 0 fully saturated rings. The molecule has 0 bridgehead atoms. The van der Waals surface area contributed by atoms with E-state index in [4.69, 9.17) is 18.9 Å². The van der Waals surface area contributed by atoms with Gasteiger partial charge in [0.05, 0.1) is 26.4 Å². The fraction of sp³-hybridized carbons (Fsp3) is 0.923. The predicted molar refractivity (Wildman–Crippen MR) is 251 cm³/mol. The Bertz CT molecular complexity index is 859. The predicted octanol–water partition coefficient (Wildman–Crippen LogP) is 15.5. The lowest BCUT2D eigenvalue weighted by Gasteiger charge is -2.07. The molecule has 0 amide bonds. The van der Waals surface area contributed by atoms with Gasteiger partial charge in [-0.1, -0.05) is 196 Å². The van der Waals surface area contributed by atoms with E-state index in [0.29, 0.717) is 77.8 Å². The van der Waals surface area contributed by atoms with E-state index in [1.54, 1.807) is 0 Å². The Kier molecular flexibility index (Phi) is 49.5. The fourth-order valence-corrected chi connectivity index (χ4v) is 6.95. The first-order chi connectivity index (χ1) is 29.1. The van der Waals surface area contributed by atoms with Crippen LogP contribution in [0.25, 0.3) is 0 Å². The van der Waals surface area contributed by atoms with Crippen LogP contribution in [0, 0.1) is 11.8 Å². The average molecular weight is 853 g/mol. The second kappa shape index (κ2) is 49.5. The highest BCUT2D eigenvalue weighted by Crippen LogP contribution is 2.14. The maximum Gasteiger partial charge on any atom is 0.305 e. The zero-order valence-electron chi connectivity index (χ0n) is 40.7. The molecule has 0 aliphatic heterocycles. The first-order valence-electron chi connectivity index (χ1n) is 25.7. The molecule has 0 heterocycles. The van der Waals surface area contributed by atoms with Gasteiger partial charge in [-0.2, -0.15) is 0 Å². The third-order valence-electron chi connectivity index (χ3n) is 10.9. The van der Waals surface area contributed by atoms with Crippen LogP contribution in [0.15, 0.2) is 0 Å². The second-order valence-corrected chi connectivity index (χ2v) is 18.1. The van der Waals surface area contributed by atoms with E-state index in [1.165, 1.54) is 128 Å². The van der Waals surface area contributed by atoms with Gasteiger partial charge in [-0.25, -0.2) is 0 Å². The van der Waals surface area contributed by atoms with Crippen molar-refractivity contribution in [1.29, 1.82) is 0 Å². The molecule has 0 aliphatic rings. The molecule has 8 nitrogen and oxygen atoms in total. The number of hydrogen-bond donors (Lipinski definition) is 0. The number of esters is 4. The van der Waals surface area contributed by atoms with Gasteiger partial charge in [0.15, 0.2) is 0 Å². The molecule has 356 valence electrons. The van der Waals surface area contributed by atoms with Crippen LogP contribution in [0.4, 0.5) is 0 Å². The molecule has 0 spiro atoms. The van der Waals surface area contributed by atoms with E-state index in [2.05, 4.69) is 41.5 Å². The van der Waals surface area contributed by atoms with Crippen LogP contribution in [0.2, 0.25) is 0 Å². The van der Waals surface area contributed by atoms with Gasteiger partial charge < -0.3 is 18.9 Å². The fourth-order valence-electron chi connectivity index (χ4n) is 6.95. The first kappa shape index (κ1) is 60.0. The SMILES string of the molecule is CC(C)CCCCCCCOC(=O)CCCCC(=O)OCCCCCCCC(C)C.CCCCCCCCCCOC(=O)CCCCC(=O)OCCCCCCCCCC. The van der Waals surface area contributed by atoms with Crippen LogP contribution in [0.5, 0.6) is 0 Å². The molecular weight excluding hydrogens is 753 g/mol. The number of hydrogen-bond acceptors (Lipinski definition) is 8. The van der Waals surface area contributed by atoms with Gasteiger partial charge in [0, 0.05) is 25.7 Å². The topological polar surface area (TPSA) is 105 Å². The summed E-state index contributed by atoms with van der Waals surface area (Å²) in [6, 6.07) is 0. The van der Waals surface area contributed by atoms with E-state index in [0.717, 1.165) is 63.2 Å². The van der Waals surface area contributed by atoms with E-state index < -0.39 is 0 Å². The summed E-state index contributed by atoms with van der Waals surface area (Å²) < 4.78 is 21.1. The Morgan fingerprint density at radius 1 is 0.283 bits per heavy atom. The quantitative estimate of drug-likeness (QED) is 0.0339. The van der Waals surface area contributed by atoms with E-state index in [9.17, 15) is 19.2 Å². The molecule has 0 radical (unpaired) electrons. The number of unbranched alkanes of at least 4 members (excludes halogenated alkanes) is 24. The summed E-state index contributed by atoms with van der Waals surface area (Å²) in [5.41, 5.74) is 0. The summed E-state index contributed by atoms with van der Waals surface area (Å²) in [7, 11) is 0. The highest BCUT2D eigenvalue weighted by Gasteiger charge is 2.08. The lowest BCUT2D eigenvalue weighted by molar-refractivity contribution is -0.146. The van der Waals surface area contributed by atoms with Crippen LogP contribution in [0.1, 0.15) is 273 Å². The van der Waals surface area contributed by atoms with E-state index in [-0.39, 0.29) is 23.9 Å². The van der Waals surface area contributed by atoms with Crippen LogP contribution >= 0.6 is 0 Å². The smallest absolute Gasteiger partial charge is 0.305 e. The van der Waals surface area contributed by atoms with Gasteiger partial charge in [0.1, 0.15) is 0 Å². The molecule has 0 saturated carbocycles. The van der Waals surface area contributed by atoms with Gasteiger partial charge in [-0.15, -0.1) is 0 Å². The molecule has 60 heavy (non-hydrogen) atoms. The molecule has 8 heteroatoms. The van der Waals surface area contributed by atoms with Gasteiger partial charge in [0.2, 0.25) is 0 Å². The molecule has 0 aromatic carbocycles. The highest BCUT2D eigenvalue weighted by atomic mass is 16.5. The van der Waals surface area contributed by atoms with Crippen LogP contribution < -0.4 is 0 Å². The van der Waals surface area contributed by atoms with Crippen molar-refractivity contribution in [1.82, 2.24) is 0 Å². The standard InChI is InChI=1S/2C26H50O4/c1-23(2)17-11-7-5-9-15-21-29-25(27)19-13-14-20-26(28)30-22-16-10-6-8-12-18-24(3)4;1-3-5-7-9-11-13-15-19-23-29-25(27)21-17-18-22-26(28)30-24-20-16-14-12-10-8-6-4-2/h23-24H,5-22H2,1-4H3;3-24H2,1-2H3. The van der Waals surface area contributed by atoms with Gasteiger partial charge in [0.25, 0.3) is 0 Å². The van der Waals surface area contributed by atoms with E-state index >= 15 is 0 Å².